The Balaban J connectivity index is -0.000000423. The number of aliphatic hydroxyl groups excluding tert-OH is 3. The lowest BCUT2D eigenvalue weighted by molar-refractivity contribution is -0.0441. The fourth-order valence-electron chi connectivity index (χ4n) is 12.2. The highest BCUT2D eigenvalue weighted by Crippen LogP contribution is 2.29. The molecule has 13 N–H and O–H groups in total. The van der Waals surface area contributed by atoms with Gasteiger partial charge in [0.15, 0.2) is 6.29 Å². The third-order valence-electron chi connectivity index (χ3n) is 17.3. The van der Waals surface area contributed by atoms with Crippen molar-refractivity contribution in [3.8, 4) is 24.2 Å². The Kier molecular flexibility index (Phi) is 81.0. The summed E-state index contributed by atoms with van der Waals surface area (Å²) < 4.78 is 41.1. The first kappa shape index (κ1) is 119. The van der Waals surface area contributed by atoms with E-state index in [4.69, 9.17) is 71.7 Å². The lowest BCUT2D eigenvalue weighted by Crippen LogP contribution is -2.28. The molecule has 672 valence electrons. The fourth-order valence-corrected chi connectivity index (χ4v) is 13.5. The van der Waals surface area contributed by atoms with Crippen LogP contribution in [0.1, 0.15) is 283 Å². The lowest BCUT2D eigenvalue weighted by atomic mass is 9.86. The molecule has 6 aromatic rings. The zero-order chi connectivity index (χ0) is 88.1. The Morgan fingerprint density at radius 2 is 0.712 bits per heavy atom. The maximum absolute atomic E-state index is 10.7. The van der Waals surface area contributed by atoms with Crippen LogP contribution in [0.4, 0.5) is 0 Å². The summed E-state index contributed by atoms with van der Waals surface area (Å²) in [5, 5.41) is 65.1. The molecule has 1 fully saturated rings. The summed E-state index contributed by atoms with van der Waals surface area (Å²) in [4.78, 5) is 0. The van der Waals surface area contributed by atoms with Crippen LogP contribution in [0.3, 0.4) is 0 Å². The summed E-state index contributed by atoms with van der Waals surface area (Å²) in [7, 11) is 0. The normalized spacial score (nSPS) is 11.4. The molecule has 0 radical (unpaired) electrons. The van der Waals surface area contributed by atoms with E-state index in [0.29, 0.717) is 66.0 Å². The molecule has 118 heavy (non-hydrogen) atoms. The lowest BCUT2D eigenvalue weighted by Gasteiger charge is -2.27. The number of terminal acetylenes is 1. The molecule has 18 nitrogen and oxygen atoms in total. The van der Waals surface area contributed by atoms with Crippen molar-refractivity contribution < 1.29 is 75.8 Å². The molecule has 1 aliphatic heterocycles. The Bertz CT molecular complexity index is 3240. The van der Waals surface area contributed by atoms with Crippen LogP contribution < -0.4 is 5.73 Å². The number of halogens is 3. The molecule has 0 unspecified atom stereocenters. The maximum Gasteiger partial charge on any atom is 0.184 e. The molecule has 1 aliphatic rings. The van der Waals surface area contributed by atoms with E-state index in [1.54, 1.807) is 13.8 Å². The van der Waals surface area contributed by atoms with Gasteiger partial charge in [0.1, 0.15) is 11.2 Å². The summed E-state index contributed by atoms with van der Waals surface area (Å²) in [5.41, 5.74) is 23.2. The molecular weight excluding hydrogens is 1690 g/mol. The number of nitrogens with two attached hydrogens (primary N) is 1. The molecule has 0 aliphatic carbocycles. The van der Waals surface area contributed by atoms with Gasteiger partial charge in [0.25, 0.3) is 0 Å². The van der Waals surface area contributed by atoms with Gasteiger partial charge in [0, 0.05) is 65.6 Å². The van der Waals surface area contributed by atoms with Gasteiger partial charge in [-0.3, -0.25) is 0 Å². The van der Waals surface area contributed by atoms with E-state index in [1.807, 2.05) is 98.8 Å². The fraction of sp³-hybridized carbons (Fsp3) is 0.588. The summed E-state index contributed by atoms with van der Waals surface area (Å²) in [6.45, 7) is 35.6. The molecule has 0 aromatic heterocycles. The number of aliphatic hydroxyl groups is 7. The third-order valence-corrected chi connectivity index (χ3v) is 18.8. The second-order valence-electron chi connectivity index (χ2n) is 28.5. The first-order chi connectivity index (χ1) is 56.4. The molecule has 0 spiro atoms. The summed E-state index contributed by atoms with van der Waals surface area (Å²) in [6.07, 6.45) is 26.1. The van der Waals surface area contributed by atoms with Crippen molar-refractivity contribution in [2.75, 3.05) is 72.6 Å². The average Bonchev–Trinajstić information content (AvgIpc) is 1.86. The van der Waals surface area contributed by atoms with Crippen LogP contribution in [0.5, 0.6) is 0 Å². The van der Waals surface area contributed by atoms with Gasteiger partial charge in [-0.2, -0.15) is 0 Å². The quantitative estimate of drug-likeness (QED) is 0.00967. The van der Waals surface area contributed by atoms with E-state index < -0.39 is 22.4 Å². The van der Waals surface area contributed by atoms with Gasteiger partial charge in [0.2, 0.25) is 0 Å². The van der Waals surface area contributed by atoms with Gasteiger partial charge < -0.3 is 80.1 Å². The first-order valence-corrected chi connectivity index (χ1v) is 45.1. The smallest absolute Gasteiger partial charge is 0.184 e. The molecule has 1 heterocycles. The highest BCUT2D eigenvalue weighted by molar-refractivity contribution is 9.11. The van der Waals surface area contributed by atoms with E-state index in [-0.39, 0.29) is 33.0 Å². The number of ether oxygens (including phenoxy) is 7. The van der Waals surface area contributed by atoms with Gasteiger partial charge in [0.05, 0.1) is 77.3 Å². The molecule has 6 aromatic carbocycles. The highest BCUT2D eigenvalue weighted by atomic mass is 79.9. The minimum absolute atomic E-state index is 0. The van der Waals surface area contributed by atoms with Gasteiger partial charge in [-0.15, -0.1) is 6.42 Å². The minimum atomic E-state index is -0.849. The van der Waals surface area contributed by atoms with Gasteiger partial charge >= 0.3 is 0 Å². The monoisotopic (exact) mass is 1840 g/mol. The summed E-state index contributed by atoms with van der Waals surface area (Å²) in [6, 6.07) is 49.2. The van der Waals surface area contributed by atoms with Gasteiger partial charge in [-0.1, -0.05) is 290 Å². The molecule has 0 saturated carbocycles. The molecule has 0 amide bonds. The predicted octanol–water partition coefficient (Wildman–Crippen LogP) is 22.4. The molecule has 1 saturated heterocycles. The standard InChI is InChI=1S/C19H32O2.C19H28O2.C18H31NO2.C10H13BrO.C9H9BrO2.C9H11BrO2.C9H16O.2C2H6O.H2N2.H2O.H2/c2*1-4-11-19(20,12-5-2)13-10-17-8-7-9-18(15-17)16-21-14-6-3;1-3-9-18(20,10-4-2)11-8-16-6-5-7-17(14-16)15-21-13-12-19;1-2-6-12-8-9-4-3-5-10(11)7-9;10-8-3-1-2-7(6-8)9-11-4-5-12-9;10-9-3-1-2-8(6-9)7-12-5-4-11;1-4-7-9(10,6-3)8-5-2;2*1-2-3;1-2;;/h7-9,15,20H,4-6,10-14,16H2,1-3H3;7-9,15,20H,4-6,11-12,14,16H2,1-3H3;5-7,14,20H,3-4,8-13,15,19H2,1-2H3;3-5,7H,2,6,8H2,1H3;1-3,6,9H,4-5H2;1-3,6,11H,4-5,7H2;3,10H,4-5,7-8H2,1-2H3;2*3H,2H2,1H3;1-2H;1H2;1H. The number of aryl methyl sites for hydroxylation is 2. The van der Waals surface area contributed by atoms with E-state index in [1.165, 1.54) is 27.8 Å². The Morgan fingerprint density at radius 3 is 1.04 bits per heavy atom. The zero-order valence-electron chi connectivity index (χ0n) is 74.3. The van der Waals surface area contributed by atoms with Crippen molar-refractivity contribution in [2.45, 2.75) is 299 Å². The van der Waals surface area contributed by atoms with Crippen molar-refractivity contribution in [3.63, 3.8) is 0 Å². The zero-order valence-corrected chi connectivity index (χ0v) is 79.0. The number of hydrogen-bond donors (Lipinski definition) is 10. The van der Waals surface area contributed by atoms with Gasteiger partial charge in [-0.05, 0) is 198 Å². The molecule has 0 atom stereocenters. The predicted molar refractivity (Wildman–Crippen MR) is 500 cm³/mol. The van der Waals surface area contributed by atoms with E-state index in [9.17, 15) is 20.4 Å². The third kappa shape index (κ3) is 64.6. The second-order valence-corrected chi connectivity index (χ2v) is 31.3. The summed E-state index contributed by atoms with van der Waals surface area (Å²) in [5.74, 6) is 8.64. The van der Waals surface area contributed by atoms with E-state index in [0.717, 1.165) is 203 Å². The Labute approximate surface area is 740 Å². The van der Waals surface area contributed by atoms with Crippen LogP contribution in [0.2, 0.25) is 0 Å². The molecule has 21 heteroatoms. The topological polar surface area (TPSA) is 311 Å². The minimum Gasteiger partial charge on any atom is -0.412 e. The van der Waals surface area contributed by atoms with Crippen molar-refractivity contribution in [3.05, 3.63) is 209 Å². The van der Waals surface area contributed by atoms with Crippen LogP contribution in [-0.2, 0) is 79.0 Å². The average molecular weight is 1850 g/mol. The Morgan fingerprint density at radius 1 is 0.407 bits per heavy atom. The van der Waals surface area contributed by atoms with Crippen molar-refractivity contribution in [2.24, 2.45) is 5.73 Å². The van der Waals surface area contributed by atoms with E-state index in [2.05, 4.69) is 189 Å². The SMILES string of the molecule is Brc1cccc(C2OCCO2)c1.C#CC(O)(CCC)CCC.CCCC(O)(CCC)CCc1cccc(COCCN)c1.CCCOCc1cccc(Br)c1.CCCOCc1cccc(C#CC(O)(CCC)CCC)c1.CCCOCc1cccc(CCC(O)(CCC)CCC)c1.CCO.CCO.N=N.O.OCCOCc1cccc(Br)c1.[HH]. The number of hydrogen-bond acceptors (Lipinski definition) is 17. The number of rotatable bonds is 43. The molecular formula is C97H158Br3N3O15. The van der Waals surface area contributed by atoms with Crippen LogP contribution in [-0.4, -0.2) is 136 Å². The van der Waals surface area contributed by atoms with Crippen LogP contribution in [0.15, 0.2) is 159 Å². The van der Waals surface area contributed by atoms with E-state index >= 15 is 0 Å². The maximum atomic E-state index is 10.7. The highest BCUT2D eigenvalue weighted by Gasteiger charge is 2.26. The number of benzene rings is 6. The second kappa shape index (κ2) is 80.3. The van der Waals surface area contributed by atoms with Crippen LogP contribution in [0.25, 0.3) is 0 Å². The van der Waals surface area contributed by atoms with Crippen molar-refractivity contribution >= 4 is 47.8 Å². The van der Waals surface area contributed by atoms with Crippen LogP contribution in [0, 0.1) is 35.2 Å². The molecule has 7 rings (SSSR count). The van der Waals surface area contributed by atoms with Gasteiger partial charge in [-0.25, -0.2) is 11.1 Å². The van der Waals surface area contributed by atoms with Crippen LogP contribution >= 0.6 is 47.8 Å². The number of nitrogens with one attached hydrogen (secondary N) is 2. The first-order valence-electron chi connectivity index (χ1n) is 42.7. The largest absolute Gasteiger partial charge is 0.412 e. The van der Waals surface area contributed by atoms with Crippen molar-refractivity contribution in [1.29, 1.82) is 11.1 Å². The van der Waals surface area contributed by atoms with Crippen molar-refractivity contribution in [1.82, 2.24) is 0 Å². The molecule has 0 bridgehead atoms. The Hall–Kier alpha value is -5.16. The summed E-state index contributed by atoms with van der Waals surface area (Å²) >= 11 is 10.2.